The molecule has 6 nitrogen and oxygen atoms in total. The molecule has 7 heteroatoms. The van der Waals surface area contributed by atoms with Crippen LogP contribution in [0.4, 0.5) is 4.39 Å². The van der Waals surface area contributed by atoms with Crippen LogP contribution in [0.15, 0.2) is 24.4 Å². The van der Waals surface area contributed by atoms with Gasteiger partial charge in [0.2, 0.25) is 0 Å². The molecule has 1 atom stereocenters. The Hall–Kier alpha value is -2.41. The number of halogens is 1. The Morgan fingerprint density at radius 2 is 2.38 bits per heavy atom. The number of likely N-dealkylation sites (N-methyl/N-ethyl adjacent to an activating group) is 1. The Balaban J connectivity index is 1.63. The summed E-state index contributed by atoms with van der Waals surface area (Å²) in [5, 5.41) is 2.76. The number of aromatic amines is 1. The van der Waals surface area contributed by atoms with Crippen molar-refractivity contribution in [3.8, 4) is 5.75 Å². The van der Waals surface area contributed by atoms with Crippen LogP contribution in [0.25, 0.3) is 0 Å². The first-order valence-electron chi connectivity index (χ1n) is 7.91. The zero-order valence-corrected chi connectivity index (χ0v) is 13.8. The summed E-state index contributed by atoms with van der Waals surface area (Å²) in [6.07, 6.45) is 2.81. The first-order chi connectivity index (χ1) is 11.6. The molecule has 24 heavy (non-hydrogen) atoms. The molecule has 0 bridgehead atoms. The summed E-state index contributed by atoms with van der Waals surface area (Å²) in [6.45, 7) is 2.35. The molecule has 1 aliphatic heterocycles. The van der Waals surface area contributed by atoms with E-state index in [1.807, 2.05) is 0 Å². The van der Waals surface area contributed by atoms with Gasteiger partial charge in [0.25, 0.3) is 5.91 Å². The van der Waals surface area contributed by atoms with Crippen LogP contribution in [-0.2, 0) is 6.54 Å². The van der Waals surface area contributed by atoms with Crippen molar-refractivity contribution in [2.75, 3.05) is 27.2 Å². The number of nitrogens with zero attached hydrogens (tertiary/aromatic N) is 2. The molecule has 0 aliphatic carbocycles. The maximum Gasteiger partial charge on any atom is 0.255 e. The molecule has 1 aliphatic rings. The number of benzene rings is 1. The van der Waals surface area contributed by atoms with E-state index in [1.165, 1.54) is 25.3 Å². The molecule has 1 fully saturated rings. The van der Waals surface area contributed by atoms with Gasteiger partial charge in [0.15, 0.2) is 0 Å². The number of carbonyl (C=O) groups excluding carboxylic acids is 1. The molecule has 0 saturated carbocycles. The van der Waals surface area contributed by atoms with E-state index in [0.29, 0.717) is 18.2 Å². The molecule has 1 aromatic heterocycles. The van der Waals surface area contributed by atoms with E-state index in [4.69, 9.17) is 4.74 Å². The molecule has 2 N–H and O–H groups in total. The van der Waals surface area contributed by atoms with Crippen LogP contribution in [0.2, 0.25) is 0 Å². The van der Waals surface area contributed by atoms with Crippen LogP contribution in [0.5, 0.6) is 5.75 Å². The number of carbonyl (C=O) groups is 1. The highest BCUT2D eigenvalue weighted by Gasteiger charge is 2.23. The Morgan fingerprint density at radius 3 is 3.08 bits per heavy atom. The third-order valence-electron chi connectivity index (χ3n) is 4.27. The number of imidazole rings is 1. The number of likely N-dealkylation sites (tertiary alicyclic amines) is 1. The van der Waals surface area contributed by atoms with Crippen molar-refractivity contribution in [2.45, 2.75) is 18.9 Å². The summed E-state index contributed by atoms with van der Waals surface area (Å²) in [7, 11) is 3.54. The van der Waals surface area contributed by atoms with Gasteiger partial charge in [-0.05, 0) is 38.2 Å². The molecule has 3 rings (SSSR count). The summed E-state index contributed by atoms with van der Waals surface area (Å²) in [5.41, 5.74) is 0.998. The summed E-state index contributed by atoms with van der Waals surface area (Å²) < 4.78 is 18.5. The van der Waals surface area contributed by atoms with Gasteiger partial charge in [0.1, 0.15) is 17.4 Å². The first kappa shape index (κ1) is 16.4. The van der Waals surface area contributed by atoms with Crippen molar-refractivity contribution in [3.63, 3.8) is 0 Å². The largest absolute Gasteiger partial charge is 0.496 e. The fourth-order valence-corrected chi connectivity index (χ4v) is 2.96. The van der Waals surface area contributed by atoms with Gasteiger partial charge >= 0.3 is 0 Å². The van der Waals surface area contributed by atoms with E-state index in [1.54, 1.807) is 6.20 Å². The molecule has 0 spiro atoms. The fraction of sp³-hybridized carbons (Fsp3) is 0.412. The highest BCUT2D eigenvalue weighted by atomic mass is 19.1. The van der Waals surface area contributed by atoms with Crippen LogP contribution < -0.4 is 10.1 Å². The van der Waals surface area contributed by atoms with Gasteiger partial charge < -0.3 is 19.9 Å². The third kappa shape index (κ3) is 3.56. The number of hydrogen-bond donors (Lipinski definition) is 2. The van der Waals surface area contributed by atoms with Crippen LogP contribution in [0.3, 0.4) is 0 Å². The quantitative estimate of drug-likeness (QED) is 0.877. The van der Waals surface area contributed by atoms with Crippen molar-refractivity contribution in [1.82, 2.24) is 20.2 Å². The third-order valence-corrected chi connectivity index (χ3v) is 4.27. The van der Waals surface area contributed by atoms with Gasteiger partial charge in [-0.1, -0.05) is 0 Å². The van der Waals surface area contributed by atoms with Crippen molar-refractivity contribution >= 4 is 5.91 Å². The number of aromatic nitrogens is 2. The smallest absolute Gasteiger partial charge is 0.255 e. The molecular weight excluding hydrogens is 311 g/mol. The maximum absolute atomic E-state index is 13.4. The van der Waals surface area contributed by atoms with Crippen molar-refractivity contribution in [3.05, 3.63) is 47.3 Å². The number of amides is 1. The van der Waals surface area contributed by atoms with Gasteiger partial charge in [-0.2, -0.15) is 0 Å². The van der Waals surface area contributed by atoms with Gasteiger partial charge in [0.05, 0.1) is 31.1 Å². The van der Waals surface area contributed by atoms with E-state index >= 15 is 0 Å². The summed E-state index contributed by atoms with van der Waals surface area (Å²) in [4.78, 5) is 22.2. The standard InChI is InChI=1S/C17H21FN4O2/c1-22-6-5-11(10-22)16-19-8-13(21-16)9-20-17(23)14-7-12(18)3-4-15(14)24-2/h3-4,7-8,11H,5-6,9-10H2,1-2H3,(H,19,21)(H,20,23). The minimum absolute atomic E-state index is 0.176. The highest BCUT2D eigenvalue weighted by molar-refractivity contribution is 5.96. The second kappa shape index (κ2) is 7.00. The van der Waals surface area contributed by atoms with Gasteiger partial charge in [0, 0.05) is 12.5 Å². The maximum atomic E-state index is 13.4. The number of rotatable bonds is 5. The monoisotopic (exact) mass is 332 g/mol. The average molecular weight is 332 g/mol. The molecular formula is C17H21FN4O2. The SMILES string of the molecule is COc1ccc(F)cc1C(=O)NCc1cnc(C2CCN(C)C2)[nH]1. The van der Waals surface area contributed by atoms with Gasteiger partial charge in [-0.25, -0.2) is 9.37 Å². The van der Waals surface area contributed by atoms with E-state index in [9.17, 15) is 9.18 Å². The zero-order valence-electron chi connectivity index (χ0n) is 13.8. The van der Waals surface area contributed by atoms with Crippen molar-refractivity contribution < 1.29 is 13.9 Å². The first-order valence-corrected chi connectivity index (χ1v) is 7.91. The van der Waals surface area contributed by atoms with Crippen LogP contribution in [-0.4, -0.2) is 48.0 Å². The Labute approximate surface area is 140 Å². The number of nitrogens with one attached hydrogen (secondary N) is 2. The number of H-pyrrole nitrogens is 1. The number of hydrogen-bond acceptors (Lipinski definition) is 4. The molecule has 1 amide bonds. The predicted octanol–water partition coefficient (Wildman–Crippen LogP) is 1.91. The van der Waals surface area contributed by atoms with E-state index < -0.39 is 5.82 Å². The van der Waals surface area contributed by atoms with E-state index in [-0.39, 0.29) is 11.5 Å². The van der Waals surface area contributed by atoms with Crippen molar-refractivity contribution in [2.24, 2.45) is 0 Å². The number of methoxy groups -OCH3 is 1. The zero-order chi connectivity index (χ0) is 17.1. The summed E-state index contributed by atoms with van der Waals surface area (Å²) in [6, 6.07) is 3.87. The molecule has 2 heterocycles. The molecule has 1 saturated heterocycles. The normalized spacial score (nSPS) is 17.9. The van der Waals surface area contributed by atoms with Crippen LogP contribution >= 0.6 is 0 Å². The Morgan fingerprint density at radius 1 is 1.54 bits per heavy atom. The van der Waals surface area contributed by atoms with E-state index in [2.05, 4.69) is 27.2 Å². The summed E-state index contributed by atoms with van der Waals surface area (Å²) in [5.74, 6) is 0.834. The van der Waals surface area contributed by atoms with Crippen LogP contribution in [0, 0.1) is 5.82 Å². The molecule has 1 unspecified atom stereocenters. The highest BCUT2D eigenvalue weighted by Crippen LogP contribution is 2.24. The van der Waals surface area contributed by atoms with Gasteiger partial charge in [-0.15, -0.1) is 0 Å². The Kier molecular flexibility index (Phi) is 4.80. The van der Waals surface area contributed by atoms with E-state index in [0.717, 1.165) is 31.0 Å². The fourth-order valence-electron chi connectivity index (χ4n) is 2.96. The second-order valence-electron chi connectivity index (χ2n) is 6.07. The lowest BCUT2D eigenvalue weighted by molar-refractivity contribution is 0.0947. The second-order valence-corrected chi connectivity index (χ2v) is 6.07. The Bertz CT molecular complexity index is 731. The molecule has 128 valence electrons. The van der Waals surface area contributed by atoms with Crippen LogP contribution in [0.1, 0.15) is 34.2 Å². The minimum atomic E-state index is -0.477. The summed E-state index contributed by atoms with van der Waals surface area (Å²) >= 11 is 0. The topological polar surface area (TPSA) is 70.2 Å². The lowest BCUT2D eigenvalue weighted by atomic mass is 10.1. The predicted molar refractivity (Wildman–Crippen MR) is 87.6 cm³/mol. The molecule has 2 aromatic rings. The minimum Gasteiger partial charge on any atom is -0.496 e. The average Bonchev–Trinajstić information content (AvgIpc) is 3.21. The molecule has 1 aromatic carbocycles. The van der Waals surface area contributed by atoms with Crippen molar-refractivity contribution in [1.29, 1.82) is 0 Å². The lowest BCUT2D eigenvalue weighted by Gasteiger charge is -2.09. The number of ether oxygens (including phenoxy) is 1. The molecule has 0 radical (unpaired) electrons. The lowest BCUT2D eigenvalue weighted by Crippen LogP contribution is -2.23. The van der Waals surface area contributed by atoms with Gasteiger partial charge in [-0.3, -0.25) is 4.79 Å².